The highest BCUT2D eigenvalue weighted by Crippen LogP contribution is 2.13. The Kier molecular flexibility index (Phi) is 5.06. The molecule has 0 radical (unpaired) electrons. The van der Waals surface area contributed by atoms with Crippen molar-refractivity contribution in [3.8, 4) is 6.07 Å². The van der Waals surface area contributed by atoms with Gasteiger partial charge in [-0.1, -0.05) is 6.07 Å². The van der Waals surface area contributed by atoms with Gasteiger partial charge in [-0.15, -0.1) is 0 Å². The van der Waals surface area contributed by atoms with E-state index in [4.69, 9.17) is 10.00 Å². The number of benzene rings is 1. The summed E-state index contributed by atoms with van der Waals surface area (Å²) in [7, 11) is -3.63. The third-order valence-corrected chi connectivity index (χ3v) is 3.90. The highest BCUT2D eigenvalue weighted by molar-refractivity contribution is 7.89. The van der Waals surface area contributed by atoms with Crippen LogP contribution in [0.5, 0.6) is 0 Å². The van der Waals surface area contributed by atoms with Crippen LogP contribution in [0.25, 0.3) is 0 Å². The van der Waals surface area contributed by atoms with E-state index in [1.165, 1.54) is 12.1 Å². The molecule has 5 nitrogen and oxygen atoms in total. The quantitative estimate of drug-likeness (QED) is 0.860. The molecular weight excluding hydrogens is 264 g/mol. The molecule has 0 saturated carbocycles. The average Bonchev–Trinajstić information content (AvgIpc) is 2.37. The van der Waals surface area contributed by atoms with Gasteiger partial charge in [0.25, 0.3) is 0 Å². The molecule has 1 N–H and O–H groups in total. The molecule has 1 aromatic carbocycles. The lowest BCUT2D eigenvalue weighted by atomic mass is 10.1. The molecule has 0 aliphatic rings. The second-order valence-corrected chi connectivity index (χ2v) is 6.42. The summed E-state index contributed by atoms with van der Waals surface area (Å²) in [4.78, 5) is 0.0823. The van der Waals surface area contributed by atoms with Crippen molar-refractivity contribution in [2.75, 3.05) is 13.2 Å². The van der Waals surface area contributed by atoms with Crippen LogP contribution in [0.15, 0.2) is 29.2 Å². The summed E-state index contributed by atoms with van der Waals surface area (Å²) in [5, 5.41) is 8.77. The number of rotatable bonds is 6. The van der Waals surface area contributed by atoms with Crippen LogP contribution in [-0.2, 0) is 14.8 Å². The Morgan fingerprint density at radius 2 is 2.11 bits per heavy atom. The monoisotopic (exact) mass is 282 g/mol. The molecule has 1 rings (SSSR count). The fourth-order valence-electron chi connectivity index (χ4n) is 1.53. The predicted molar refractivity (Wildman–Crippen MR) is 72.1 cm³/mol. The maximum Gasteiger partial charge on any atom is 0.240 e. The van der Waals surface area contributed by atoms with Crippen molar-refractivity contribution in [2.45, 2.75) is 31.3 Å². The van der Waals surface area contributed by atoms with E-state index >= 15 is 0 Å². The van der Waals surface area contributed by atoms with E-state index in [2.05, 4.69) is 4.72 Å². The minimum absolute atomic E-state index is 0.0823. The molecule has 0 aliphatic carbocycles. The molecule has 0 spiro atoms. The van der Waals surface area contributed by atoms with E-state index in [1.807, 2.05) is 26.8 Å². The van der Waals surface area contributed by atoms with Crippen LogP contribution in [0.3, 0.4) is 0 Å². The highest BCUT2D eigenvalue weighted by Gasteiger charge is 2.22. The standard InChI is InChI=1S/C13H18N2O3S/c1-4-18-13(2,3)10-15-19(16,17)12-7-5-6-11(8-12)9-14/h5-8,15H,4,10H2,1-3H3. The maximum absolute atomic E-state index is 12.1. The van der Waals surface area contributed by atoms with Crippen LogP contribution in [0.1, 0.15) is 26.3 Å². The molecule has 0 aromatic heterocycles. The first-order chi connectivity index (χ1) is 8.80. The average molecular weight is 282 g/mol. The molecule has 19 heavy (non-hydrogen) atoms. The second kappa shape index (κ2) is 6.15. The summed E-state index contributed by atoms with van der Waals surface area (Å²) in [6, 6.07) is 7.81. The molecule has 0 aliphatic heterocycles. The Bertz CT molecular complexity index is 574. The van der Waals surface area contributed by atoms with Gasteiger partial charge in [-0.25, -0.2) is 13.1 Å². The zero-order valence-electron chi connectivity index (χ0n) is 11.3. The lowest BCUT2D eigenvalue weighted by Crippen LogP contribution is -2.40. The molecular formula is C13H18N2O3S. The molecule has 0 bridgehead atoms. The lowest BCUT2D eigenvalue weighted by molar-refractivity contribution is -0.00515. The van der Waals surface area contributed by atoms with Crippen molar-refractivity contribution in [1.29, 1.82) is 5.26 Å². The summed E-state index contributed by atoms with van der Waals surface area (Å²) in [5.74, 6) is 0. The molecule has 1 aromatic rings. The third-order valence-electron chi connectivity index (χ3n) is 2.50. The van der Waals surface area contributed by atoms with Gasteiger partial charge in [-0.05, 0) is 39.0 Å². The number of hydrogen-bond donors (Lipinski definition) is 1. The van der Waals surface area contributed by atoms with E-state index in [9.17, 15) is 8.42 Å². The highest BCUT2D eigenvalue weighted by atomic mass is 32.2. The van der Waals surface area contributed by atoms with Gasteiger partial charge >= 0.3 is 0 Å². The van der Waals surface area contributed by atoms with E-state index in [0.29, 0.717) is 12.2 Å². The number of sulfonamides is 1. The normalized spacial score (nSPS) is 12.1. The van der Waals surface area contributed by atoms with Gasteiger partial charge in [0.1, 0.15) is 0 Å². The maximum atomic E-state index is 12.1. The summed E-state index contributed by atoms with van der Waals surface area (Å²) in [6.45, 7) is 6.15. The van der Waals surface area contributed by atoms with Crippen molar-refractivity contribution in [3.05, 3.63) is 29.8 Å². The van der Waals surface area contributed by atoms with Crippen LogP contribution in [-0.4, -0.2) is 27.2 Å². The van der Waals surface area contributed by atoms with Gasteiger partial charge < -0.3 is 4.74 Å². The van der Waals surface area contributed by atoms with Gasteiger partial charge in [0, 0.05) is 13.2 Å². The second-order valence-electron chi connectivity index (χ2n) is 4.66. The first-order valence-corrected chi connectivity index (χ1v) is 7.43. The van der Waals surface area contributed by atoms with Gasteiger partial charge in [0.05, 0.1) is 22.1 Å². The molecule has 0 amide bonds. The van der Waals surface area contributed by atoms with Crippen LogP contribution in [0, 0.1) is 11.3 Å². The minimum atomic E-state index is -3.63. The molecule has 104 valence electrons. The van der Waals surface area contributed by atoms with E-state index in [-0.39, 0.29) is 11.4 Å². The molecule has 0 saturated heterocycles. The van der Waals surface area contributed by atoms with Crippen LogP contribution < -0.4 is 4.72 Å². The van der Waals surface area contributed by atoms with E-state index in [1.54, 1.807) is 12.1 Å². The molecule has 0 unspecified atom stereocenters. The predicted octanol–water partition coefficient (Wildman–Crippen LogP) is 1.65. The Morgan fingerprint density at radius 3 is 2.68 bits per heavy atom. The zero-order chi connectivity index (χ0) is 14.5. The summed E-state index contributed by atoms with van der Waals surface area (Å²) in [5.41, 5.74) is -0.263. The van der Waals surface area contributed by atoms with Crippen molar-refractivity contribution in [2.24, 2.45) is 0 Å². The third kappa shape index (κ3) is 4.63. The molecule has 0 fully saturated rings. The fourth-order valence-corrected chi connectivity index (χ4v) is 2.77. The smallest absolute Gasteiger partial charge is 0.240 e. The SMILES string of the molecule is CCOC(C)(C)CNS(=O)(=O)c1cccc(C#N)c1. The Balaban J connectivity index is 2.85. The van der Waals surface area contributed by atoms with Crippen molar-refractivity contribution < 1.29 is 13.2 Å². The number of nitrogens with one attached hydrogen (secondary N) is 1. The van der Waals surface area contributed by atoms with Crippen molar-refractivity contribution in [1.82, 2.24) is 4.72 Å². The first-order valence-electron chi connectivity index (χ1n) is 5.94. The lowest BCUT2D eigenvalue weighted by Gasteiger charge is -2.24. The number of nitrogens with zero attached hydrogens (tertiary/aromatic N) is 1. The molecule has 0 heterocycles. The van der Waals surface area contributed by atoms with Gasteiger partial charge in [-0.3, -0.25) is 0 Å². The van der Waals surface area contributed by atoms with E-state index in [0.717, 1.165) is 0 Å². The summed E-state index contributed by atoms with van der Waals surface area (Å²) in [6.07, 6.45) is 0. The van der Waals surface area contributed by atoms with Crippen LogP contribution >= 0.6 is 0 Å². The minimum Gasteiger partial charge on any atom is -0.375 e. The van der Waals surface area contributed by atoms with Gasteiger partial charge in [-0.2, -0.15) is 5.26 Å². The Morgan fingerprint density at radius 1 is 1.42 bits per heavy atom. The van der Waals surface area contributed by atoms with Crippen LogP contribution in [0.4, 0.5) is 0 Å². The largest absolute Gasteiger partial charge is 0.375 e. The number of hydrogen-bond acceptors (Lipinski definition) is 4. The Hall–Kier alpha value is -1.42. The fraction of sp³-hybridized carbons (Fsp3) is 0.462. The number of nitriles is 1. The van der Waals surface area contributed by atoms with E-state index < -0.39 is 15.6 Å². The molecule has 6 heteroatoms. The number of ether oxygens (including phenoxy) is 1. The van der Waals surface area contributed by atoms with Crippen molar-refractivity contribution in [3.63, 3.8) is 0 Å². The Labute approximate surface area is 114 Å². The van der Waals surface area contributed by atoms with Crippen LogP contribution in [0.2, 0.25) is 0 Å². The topological polar surface area (TPSA) is 79.2 Å². The summed E-state index contributed by atoms with van der Waals surface area (Å²) < 4.78 is 32.1. The molecule has 0 atom stereocenters. The van der Waals surface area contributed by atoms with Crippen molar-refractivity contribution >= 4 is 10.0 Å². The zero-order valence-corrected chi connectivity index (χ0v) is 12.1. The van der Waals surface area contributed by atoms with Gasteiger partial charge in [0.2, 0.25) is 10.0 Å². The first kappa shape index (κ1) is 15.6. The van der Waals surface area contributed by atoms with Gasteiger partial charge in [0.15, 0.2) is 0 Å². The summed E-state index contributed by atoms with van der Waals surface area (Å²) >= 11 is 0.